The summed E-state index contributed by atoms with van der Waals surface area (Å²) in [6, 6.07) is 0. The molecule has 0 heterocycles. The highest BCUT2D eigenvalue weighted by Gasteiger charge is 2.49. The smallest absolute Gasteiger partial charge is 0.309 e. The third kappa shape index (κ3) is 1.85. The number of aliphatic hydroxyl groups is 1. The topological polar surface area (TPSA) is 57.5 Å². The van der Waals surface area contributed by atoms with Gasteiger partial charge < -0.3 is 10.2 Å². The molecule has 0 aromatic carbocycles. The Bertz CT molecular complexity index is 204. The maximum Gasteiger partial charge on any atom is 0.309 e. The van der Waals surface area contributed by atoms with Gasteiger partial charge in [-0.3, -0.25) is 4.79 Å². The van der Waals surface area contributed by atoms with E-state index >= 15 is 0 Å². The summed E-state index contributed by atoms with van der Waals surface area (Å²) in [5.74, 6) is -0.500. The van der Waals surface area contributed by atoms with Crippen LogP contribution in [0.3, 0.4) is 0 Å². The van der Waals surface area contributed by atoms with E-state index in [0.29, 0.717) is 24.7 Å². The maximum absolute atomic E-state index is 10.7. The van der Waals surface area contributed by atoms with Gasteiger partial charge in [-0.2, -0.15) is 0 Å². The highest BCUT2D eigenvalue weighted by molar-refractivity contribution is 5.71. The number of aliphatic carboxylic acids is 1. The Kier molecular flexibility index (Phi) is 2.66. The van der Waals surface area contributed by atoms with Crippen LogP contribution in [0.2, 0.25) is 0 Å². The quantitative estimate of drug-likeness (QED) is 0.702. The molecule has 1 rings (SSSR count). The molecule has 1 aliphatic carbocycles. The average molecular weight is 186 g/mol. The minimum absolute atomic E-state index is 0.492. The van der Waals surface area contributed by atoms with Gasteiger partial charge in [0.15, 0.2) is 0 Å². The predicted molar refractivity (Wildman–Crippen MR) is 49.3 cm³/mol. The molecule has 3 heteroatoms. The lowest BCUT2D eigenvalue weighted by atomic mass is 9.61. The lowest BCUT2D eigenvalue weighted by Gasteiger charge is -2.47. The van der Waals surface area contributed by atoms with Crippen LogP contribution < -0.4 is 0 Å². The lowest BCUT2D eigenvalue weighted by Crippen LogP contribution is -2.52. The van der Waals surface area contributed by atoms with Gasteiger partial charge in [-0.1, -0.05) is 13.8 Å². The Hall–Kier alpha value is -0.570. The second kappa shape index (κ2) is 3.29. The van der Waals surface area contributed by atoms with Gasteiger partial charge in [0.05, 0.1) is 11.5 Å². The van der Waals surface area contributed by atoms with Gasteiger partial charge in [-0.25, -0.2) is 0 Å². The molecule has 0 aromatic heterocycles. The molecule has 0 aliphatic heterocycles. The van der Waals surface area contributed by atoms with Crippen molar-refractivity contribution >= 4 is 5.97 Å². The molecule has 1 aliphatic rings. The summed E-state index contributed by atoms with van der Waals surface area (Å²) < 4.78 is 0. The molecule has 0 radical (unpaired) electrons. The Morgan fingerprint density at radius 3 is 2.15 bits per heavy atom. The zero-order valence-electron chi connectivity index (χ0n) is 8.45. The van der Waals surface area contributed by atoms with Crippen molar-refractivity contribution in [3.05, 3.63) is 0 Å². The number of carboxylic acid groups (broad SMARTS) is 1. The lowest BCUT2D eigenvalue weighted by molar-refractivity contribution is -0.167. The van der Waals surface area contributed by atoms with Crippen molar-refractivity contribution in [3.8, 4) is 0 Å². The Morgan fingerprint density at radius 1 is 1.38 bits per heavy atom. The molecule has 2 N–H and O–H groups in total. The van der Waals surface area contributed by atoms with Gasteiger partial charge in [0.1, 0.15) is 0 Å². The van der Waals surface area contributed by atoms with Crippen molar-refractivity contribution in [1.82, 2.24) is 0 Å². The van der Waals surface area contributed by atoms with E-state index < -0.39 is 17.5 Å². The molecule has 0 amide bonds. The van der Waals surface area contributed by atoms with E-state index in [1.807, 2.05) is 0 Å². The van der Waals surface area contributed by atoms with Crippen molar-refractivity contribution in [2.24, 2.45) is 17.8 Å². The number of carboxylic acids is 1. The van der Waals surface area contributed by atoms with Crippen molar-refractivity contribution in [2.75, 3.05) is 0 Å². The second-order valence-corrected chi connectivity index (χ2v) is 4.58. The molecule has 0 bridgehead atoms. The van der Waals surface area contributed by atoms with Crippen LogP contribution in [0.1, 0.15) is 33.6 Å². The van der Waals surface area contributed by atoms with Crippen LogP contribution >= 0.6 is 0 Å². The third-order valence-corrected chi connectivity index (χ3v) is 3.35. The van der Waals surface area contributed by atoms with Crippen LogP contribution in [-0.2, 0) is 4.79 Å². The van der Waals surface area contributed by atoms with Gasteiger partial charge >= 0.3 is 5.97 Å². The molecular formula is C10H18O3. The number of hydrogen-bond donors (Lipinski definition) is 2. The summed E-state index contributed by atoms with van der Waals surface area (Å²) in [5, 5.41) is 18.6. The second-order valence-electron chi connectivity index (χ2n) is 4.58. The van der Waals surface area contributed by atoms with E-state index in [4.69, 9.17) is 5.11 Å². The highest BCUT2D eigenvalue weighted by Crippen LogP contribution is 2.46. The fraction of sp³-hybridized carbons (Fsp3) is 0.900. The van der Waals surface area contributed by atoms with E-state index in [1.54, 1.807) is 6.92 Å². The van der Waals surface area contributed by atoms with Gasteiger partial charge in [0.2, 0.25) is 0 Å². The van der Waals surface area contributed by atoms with Crippen molar-refractivity contribution in [3.63, 3.8) is 0 Å². The summed E-state index contributed by atoms with van der Waals surface area (Å²) in [7, 11) is 0. The minimum atomic E-state index is -0.944. The van der Waals surface area contributed by atoms with E-state index in [1.165, 1.54) is 0 Å². The van der Waals surface area contributed by atoms with Crippen molar-refractivity contribution in [1.29, 1.82) is 0 Å². The number of hydrogen-bond acceptors (Lipinski definition) is 2. The molecule has 3 nitrogen and oxygen atoms in total. The van der Waals surface area contributed by atoms with Crippen LogP contribution in [0.5, 0.6) is 0 Å². The molecule has 0 spiro atoms. The van der Waals surface area contributed by atoms with Crippen molar-refractivity contribution in [2.45, 2.75) is 39.2 Å². The van der Waals surface area contributed by atoms with Gasteiger partial charge in [-0.05, 0) is 31.6 Å². The maximum atomic E-state index is 10.7. The first-order valence-corrected chi connectivity index (χ1v) is 4.82. The van der Waals surface area contributed by atoms with Gasteiger partial charge in [0, 0.05) is 0 Å². The minimum Gasteiger partial charge on any atom is -0.481 e. The Balaban J connectivity index is 2.50. The van der Waals surface area contributed by atoms with Crippen LogP contribution in [0.25, 0.3) is 0 Å². The summed E-state index contributed by atoms with van der Waals surface area (Å²) in [6.07, 6.45) is 1.27. The molecule has 1 saturated carbocycles. The first-order chi connectivity index (χ1) is 5.87. The first-order valence-electron chi connectivity index (χ1n) is 4.82. The largest absolute Gasteiger partial charge is 0.481 e. The van der Waals surface area contributed by atoms with E-state index in [9.17, 15) is 9.90 Å². The zero-order valence-corrected chi connectivity index (χ0v) is 8.45. The SMILES string of the molecule is CC(C)C1CC(O)(C(C)C(=O)O)C1. The van der Waals surface area contributed by atoms with Gasteiger partial charge in [-0.15, -0.1) is 0 Å². The van der Waals surface area contributed by atoms with Crippen molar-refractivity contribution < 1.29 is 15.0 Å². The third-order valence-electron chi connectivity index (χ3n) is 3.35. The Labute approximate surface area is 78.8 Å². The van der Waals surface area contributed by atoms with E-state index in [2.05, 4.69) is 13.8 Å². The van der Waals surface area contributed by atoms with Crippen LogP contribution in [0.4, 0.5) is 0 Å². The monoisotopic (exact) mass is 186 g/mol. The molecule has 1 atom stereocenters. The predicted octanol–water partition coefficient (Wildman–Crippen LogP) is 1.50. The molecule has 76 valence electrons. The summed E-state index contributed by atoms with van der Waals surface area (Å²) in [6.45, 7) is 5.80. The summed E-state index contributed by atoms with van der Waals surface area (Å²) >= 11 is 0. The standard InChI is InChI=1S/C10H18O3/c1-6(2)8-4-10(13,5-8)7(3)9(11)12/h6-8,13H,4-5H2,1-3H3,(H,11,12). The van der Waals surface area contributed by atoms with Crippen LogP contribution in [0, 0.1) is 17.8 Å². The number of carbonyl (C=O) groups is 1. The molecule has 13 heavy (non-hydrogen) atoms. The molecular weight excluding hydrogens is 168 g/mol. The van der Waals surface area contributed by atoms with E-state index in [0.717, 1.165) is 0 Å². The fourth-order valence-electron chi connectivity index (χ4n) is 1.90. The number of rotatable bonds is 3. The summed E-state index contributed by atoms with van der Waals surface area (Å²) in [4.78, 5) is 10.7. The molecule has 1 fully saturated rings. The molecule has 0 saturated heterocycles. The molecule has 0 aromatic rings. The zero-order chi connectivity index (χ0) is 10.2. The average Bonchev–Trinajstić information content (AvgIpc) is 1.96. The molecule has 1 unspecified atom stereocenters. The first kappa shape index (κ1) is 10.5. The highest BCUT2D eigenvalue weighted by atomic mass is 16.4. The van der Waals surface area contributed by atoms with Crippen LogP contribution in [-0.4, -0.2) is 21.8 Å². The fourth-order valence-corrected chi connectivity index (χ4v) is 1.90. The van der Waals surface area contributed by atoms with E-state index in [-0.39, 0.29) is 0 Å². The normalized spacial score (nSPS) is 35.6. The summed E-state index contributed by atoms with van der Waals surface area (Å²) in [5.41, 5.74) is -0.944. The Morgan fingerprint density at radius 2 is 1.85 bits per heavy atom. The van der Waals surface area contributed by atoms with Gasteiger partial charge in [0.25, 0.3) is 0 Å². The van der Waals surface area contributed by atoms with Crippen LogP contribution in [0.15, 0.2) is 0 Å².